The SMILES string of the molecule is O=C(O)CCCSC1=CC(=O)c2c(Cl)ccc(O)c2C1=O. The number of carboxylic acid groups (broad SMARTS) is 1. The number of hydrogen-bond acceptors (Lipinski definition) is 5. The van der Waals surface area contributed by atoms with Gasteiger partial charge in [0.05, 0.1) is 21.1 Å². The van der Waals surface area contributed by atoms with Gasteiger partial charge in [0.1, 0.15) is 5.75 Å². The fourth-order valence-electron chi connectivity index (χ4n) is 1.93. The van der Waals surface area contributed by atoms with Crippen LogP contribution in [0.15, 0.2) is 23.1 Å². The molecule has 5 nitrogen and oxygen atoms in total. The summed E-state index contributed by atoms with van der Waals surface area (Å²) in [5.41, 5.74) is -0.0766. The van der Waals surface area contributed by atoms with Crippen LogP contribution in [0.2, 0.25) is 5.02 Å². The van der Waals surface area contributed by atoms with Crippen LogP contribution >= 0.6 is 23.4 Å². The van der Waals surface area contributed by atoms with E-state index in [-0.39, 0.29) is 33.2 Å². The first-order valence-corrected chi connectivity index (χ1v) is 7.45. The molecule has 0 spiro atoms. The number of Topliss-reactive ketones (excluding diaryl/α,β-unsaturated/α-hetero) is 1. The molecule has 0 heterocycles. The highest BCUT2D eigenvalue weighted by Gasteiger charge is 2.30. The molecule has 0 radical (unpaired) electrons. The van der Waals surface area contributed by atoms with E-state index in [1.807, 2.05) is 0 Å². The molecule has 0 unspecified atom stereocenters. The second-order valence-electron chi connectivity index (χ2n) is 4.36. The van der Waals surface area contributed by atoms with E-state index in [0.29, 0.717) is 12.2 Å². The Morgan fingerprint density at radius 3 is 2.62 bits per heavy atom. The molecule has 1 aromatic rings. The third-order valence-corrected chi connectivity index (χ3v) is 4.31. The Hall–Kier alpha value is -1.79. The molecule has 0 amide bonds. The van der Waals surface area contributed by atoms with Gasteiger partial charge in [-0.2, -0.15) is 0 Å². The summed E-state index contributed by atoms with van der Waals surface area (Å²) >= 11 is 7.00. The molecule has 1 aliphatic carbocycles. The lowest BCUT2D eigenvalue weighted by Gasteiger charge is -2.16. The highest BCUT2D eigenvalue weighted by atomic mass is 35.5. The number of halogens is 1. The summed E-state index contributed by atoms with van der Waals surface area (Å²) in [6.45, 7) is 0. The molecule has 0 aromatic heterocycles. The van der Waals surface area contributed by atoms with Gasteiger partial charge in [-0.15, -0.1) is 11.8 Å². The average Bonchev–Trinajstić information content (AvgIpc) is 2.42. The molecule has 21 heavy (non-hydrogen) atoms. The summed E-state index contributed by atoms with van der Waals surface area (Å²) in [6, 6.07) is 2.63. The van der Waals surface area contributed by atoms with Gasteiger partial charge < -0.3 is 10.2 Å². The highest BCUT2D eigenvalue weighted by molar-refractivity contribution is 8.04. The molecule has 7 heteroatoms. The van der Waals surface area contributed by atoms with Crippen LogP contribution in [0.1, 0.15) is 33.6 Å². The molecular weight excluding hydrogens is 316 g/mol. The van der Waals surface area contributed by atoms with E-state index < -0.39 is 17.5 Å². The Bertz CT molecular complexity index is 666. The minimum absolute atomic E-state index is 0.00389. The monoisotopic (exact) mass is 326 g/mol. The van der Waals surface area contributed by atoms with Crippen LogP contribution in [-0.4, -0.2) is 33.5 Å². The van der Waals surface area contributed by atoms with Crippen LogP contribution in [0.5, 0.6) is 5.75 Å². The minimum atomic E-state index is -0.912. The predicted octanol–water partition coefficient (Wildman–Crippen LogP) is 2.91. The Morgan fingerprint density at radius 2 is 1.95 bits per heavy atom. The minimum Gasteiger partial charge on any atom is -0.507 e. The topological polar surface area (TPSA) is 91.7 Å². The Kier molecular flexibility index (Phi) is 4.69. The number of allylic oxidation sites excluding steroid dienone is 2. The number of carbonyl (C=O) groups is 3. The van der Waals surface area contributed by atoms with Gasteiger partial charge in [-0.3, -0.25) is 14.4 Å². The number of ketones is 2. The van der Waals surface area contributed by atoms with Crippen LogP contribution in [0, 0.1) is 0 Å². The zero-order valence-electron chi connectivity index (χ0n) is 10.8. The lowest BCUT2D eigenvalue weighted by atomic mass is 9.94. The van der Waals surface area contributed by atoms with Crippen molar-refractivity contribution in [3.05, 3.63) is 39.3 Å². The zero-order valence-corrected chi connectivity index (χ0v) is 12.3. The summed E-state index contributed by atoms with van der Waals surface area (Å²) < 4.78 is 0. The van der Waals surface area contributed by atoms with Gasteiger partial charge in [0, 0.05) is 12.5 Å². The molecular formula is C14H11ClO5S. The lowest BCUT2D eigenvalue weighted by Crippen LogP contribution is -2.16. The number of aliphatic carboxylic acids is 1. The zero-order chi connectivity index (χ0) is 15.6. The molecule has 2 rings (SSSR count). The number of benzene rings is 1. The second kappa shape index (κ2) is 6.32. The van der Waals surface area contributed by atoms with Crippen molar-refractivity contribution >= 4 is 40.9 Å². The molecule has 1 aliphatic rings. The van der Waals surface area contributed by atoms with E-state index in [1.54, 1.807) is 0 Å². The number of hydrogen-bond donors (Lipinski definition) is 2. The first kappa shape index (κ1) is 15.6. The van der Waals surface area contributed by atoms with E-state index in [4.69, 9.17) is 16.7 Å². The number of aromatic hydroxyl groups is 1. The average molecular weight is 327 g/mol. The molecule has 0 aliphatic heterocycles. The van der Waals surface area contributed by atoms with Gasteiger partial charge in [0.25, 0.3) is 0 Å². The summed E-state index contributed by atoms with van der Waals surface area (Å²) in [5.74, 6) is -1.71. The fraction of sp³-hybridized carbons (Fsp3) is 0.214. The predicted molar refractivity (Wildman–Crippen MR) is 79.2 cm³/mol. The number of thioether (sulfide) groups is 1. The van der Waals surface area contributed by atoms with Crippen LogP contribution in [-0.2, 0) is 4.79 Å². The van der Waals surface area contributed by atoms with Gasteiger partial charge >= 0.3 is 5.97 Å². The van der Waals surface area contributed by atoms with E-state index in [0.717, 1.165) is 11.8 Å². The first-order valence-electron chi connectivity index (χ1n) is 6.08. The van der Waals surface area contributed by atoms with E-state index >= 15 is 0 Å². The van der Waals surface area contributed by atoms with Gasteiger partial charge in [-0.05, 0) is 24.3 Å². The van der Waals surface area contributed by atoms with E-state index in [9.17, 15) is 19.5 Å². The smallest absolute Gasteiger partial charge is 0.303 e. The number of fused-ring (bicyclic) bond motifs is 1. The van der Waals surface area contributed by atoms with E-state index in [1.165, 1.54) is 18.2 Å². The van der Waals surface area contributed by atoms with Gasteiger partial charge in [0.15, 0.2) is 5.78 Å². The first-order chi connectivity index (χ1) is 9.91. The number of carboxylic acids is 1. The third-order valence-electron chi connectivity index (χ3n) is 2.88. The maximum absolute atomic E-state index is 12.3. The molecule has 0 saturated heterocycles. The van der Waals surface area contributed by atoms with Crippen LogP contribution in [0.4, 0.5) is 0 Å². The molecule has 0 fully saturated rings. The van der Waals surface area contributed by atoms with Crippen molar-refractivity contribution in [2.45, 2.75) is 12.8 Å². The van der Waals surface area contributed by atoms with Gasteiger partial charge in [-0.25, -0.2) is 0 Å². The van der Waals surface area contributed by atoms with Crippen LogP contribution in [0.3, 0.4) is 0 Å². The number of phenols is 1. The van der Waals surface area contributed by atoms with Crippen molar-refractivity contribution in [2.75, 3.05) is 5.75 Å². The molecule has 0 atom stereocenters. The standard InChI is InChI=1S/C14H11ClO5S/c15-7-3-4-8(16)13-12(7)9(17)6-10(14(13)20)21-5-1-2-11(18)19/h3-4,6,16H,1-2,5H2,(H,18,19). The van der Waals surface area contributed by atoms with Crippen LogP contribution < -0.4 is 0 Å². The van der Waals surface area contributed by atoms with Crippen molar-refractivity contribution in [3.8, 4) is 5.75 Å². The maximum Gasteiger partial charge on any atom is 0.303 e. The second-order valence-corrected chi connectivity index (χ2v) is 5.91. The summed E-state index contributed by atoms with van der Waals surface area (Å²) in [4.78, 5) is 34.9. The summed E-state index contributed by atoms with van der Waals surface area (Å²) in [5, 5.41) is 18.5. The highest BCUT2D eigenvalue weighted by Crippen LogP contribution is 2.36. The molecule has 110 valence electrons. The number of phenolic OH excluding ortho intramolecular Hbond substituents is 1. The van der Waals surface area contributed by atoms with Gasteiger partial charge in [0.2, 0.25) is 5.78 Å². The van der Waals surface area contributed by atoms with Gasteiger partial charge in [-0.1, -0.05) is 11.6 Å². The van der Waals surface area contributed by atoms with Crippen LogP contribution in [0.25, 0.3) is 0 Å². The van der Waals surface area contributed by atoms with Crippen molar-refractivity contribution in [1.29, 1.82) is 0 Å². The largest absolute Gasteiger partial charge is 0.507 e. The molecule has 0 bridgehead atoms. The van der Waals surface area contributed by atoms with Crippen molar-refractivity contribution in [1.82, 2.24) is 0 Å². The van der Waals surface area contributed by atoms with E-state index in [2.05, 4.69) is 0 Å². The molecule has 2 N–H and O–H groups in total. The third kappa shape index (κ3) is 3.28. The molecule has 1 aromatic carbocycles. The Labute approximate surface area is 129 Å². The maximum atomic E-state index is 12.3. The van der Waals surface area contributed by atoms with Crippen molar-refractivity contribution < 1.29 is 24.6 Å². The normalized spacial score (nSPS) is 13.9. The fourth-order valence-corrected chi connectivity index (χ4v) is 3.11. The molecule has 0 saturated carbocycles. The van der Waals surface area contributed by atoms with Crippen molar-refractivity contribution in [2.24, 2.45) is 0 Å². The number of rotatable bonds is 5. The lowest BCUT2D eigenvalue weighted by molar-refractivity contribution is -0.137. The summed E-state index contributed by atoms with van der Waals surface area (Å²) in [7, 11) is 0. The Balaban J connectivity index is 2.21. The van der Waals surface area contributed by atoms with Crippen molar-refractivity contribution in [3.63, 3.8) is 0 Å². The number of carbonyl (C=O) groups excluding carboxylic acids is 2. The summed E-state index contributed by atoms with van der Waals surface area (Å²) in [6.07, 6.45) is 1.56. The Morgan fingerprint density at radius 1 is 1.24 bits per heavy atom. The quantitative estimate of drug-likeness (QED) is 0.808.